The summed E-state index contributed by atoms with van der Waals surface area (Å²) in [7, 11) is 1.66. The van der Waals surface area contributed by atoms with Crippen LogP contribution in [0.4, 0.5) is 0 Å². The predicted octanol–water partition coefficient (Wildman–Crippen LogP) is 0.137. The lowest BCUT2D eigenvalue weighted by atomic mass is 10.0. The summed E-state index contributed by atoms with van der Waals surface area (Å²) in [5.41, 5.74) is 0. The van der Waals surface area contributed by atoms with Crippen molar-refractivity contribution in [2.45, 2.75) is 25.8 Å². The van der Waals surface area contributed by atoms with Crippen LogP contribution in [0.1, 0.15) is 19.8 Å². The highest BCUT2D eigenvalue weighted by atomic mass is 16.5. The van der Waals surface area contributed by atoms with E-state index in [1.54, 1.807) is 7.05 Å². The van der Waals surface area contributed by atoms with Crippen LogP contribution in [-0.4, -0.2) is 38.8 Å². The second kappa shape index (κ2) is 5.98. The molecule has 0 aliphatic carbocycles. The fourth-order valence-corrected chi connectivity index (χ4v) is 1.60. The summed E-state index contributed by atoms with van der Waals surface area (Å²) in [4.78, 5) is 11.2. The fraction of sp³-hybridized carbons (Fsp3) is 0.900. The molecule has 4 nitrogen and oxygen atoms in total. The Labute approximate surface area is 85.4 Å². The van der Waals surface area contributed by atoms with Gasteiger partial charge in [0.2, 0.25) is 5.91 Å². The van der Waals surface area contributed by atoms with Gasteiger partial charge < -0.3 is 15.4 Å². The van der Waals surface area contributed by atoms with E-state index in [1.807, 2.05) is 6.92 Å². The van der Waals surface area contributed by atoms with Gasteiger partial charge in [0.1, 0.15) is 0 Å². The lowest BCUT2D eigenvalue weighted by Crippen LogP contribution is -2.43. The van der Waals surface area contributed by atoms with Crippen LogP contribution in [0.5, 0.6) is 0 Å². The monoisotopic (exact) mass is 200 g/mol. The zero-order valence-corrected chi connectivity index (χ0v) is 9.01. The first-order valence-corrected chi connectivity index (χ1v) is 5.26. The number of nitrogens with one attached hydrogen (secondary N) is 2. The Kier molecular flexibility index (Phi) is 4.90. The predicted molar refractivity (Wildman–Crippen MR) is 55.1 cm³/mol. The van der Waals surface area contributed by atoms with Crippen LogP contribution in [0.2, 0.25) is 0 Å². The van der Waals surface area contributed by atoms with Crippen molar-refractivity contribution in [2.75, 3.05) is 26.8 Å². The topological polar surface area (TPSA) is 50.4 Å². The van der Waals surface area contributed by atoms with E-state index in [0.717, 1.165) is 32.6 Å². The Morgan fingerprint density at radius 2 is 2.14 bits per heavy atom. The number of likely N-dealkylation sites (N-methyl/N-ethyl adjacent to an activating group) is 1. The first-order chi connectivity index (χ1) is 6.74. The molecule has 1 rings (SSSR count). The minimum atomic E-state index is -0.0946. The highest BCUT2D eigenvalue weighted by Crippen LogP contribution is 2.13. The molecule has 0 spiro atoms. The molecule has 1 fully saturated rings. The van der Waals surface area contributed by atoms with Crippen LogP contribution < -0.4 is 10.6 Å². The van der Waals surface area contributed by atoms with Crippen LogP contribution in [0.15, 0.2) is 0 Å². The summed E-state index contributed by atoms with van der Waals surface area (Å²) in [6.45, 7) is 4.53. The minimum Gasteiger partial charge on any atom is -0.381 e. The molecule has 2 N–H and O–H groups in total. The normalized spacial score (nSPS) is 20.4. The van der Waals surface area contributed by atoms with E-state index in [4.69, 9.17) is 4.74 Å². The third-order valence-corrected chi connectivity index (χ3v) is 2.69. The summed E-state index contributed by atoms with van der Waals surface area (Å²) in [6.07, 6.45) is 2.21. The molecule has 0 aromatic rings. The van der Waals surface area contributed by atoms with Gasteiger partial charge in [0.25, 0.3) is 0 Å². The quantitative estimate of drug-likeness (QED) is 0.678. The van der Waals surface area contributed by atoms with Crippen LogP contribution in [0, 0.1) is 5.92 Å². The SMILES string of the molecule is CNC(=O)C(C)NCC1CCOCC1. The van der Waals surface area contributed by atoms with Gasteiger partial charge in [0, 0.05) is 20.3 Å². The zero-order valence-electron chi connectivity index (χ0n) is 9.01. The third-order valence-electron chi connectivity index (χ3n) is 2.69. The van der Waals surface area contributed by atoms with Gasteiger partial charge in [-0.1, -0.05) is 0 Å². The molecule has 1 amide bonds. The number of carbonyl (C=O) groups excluding carboxylic acids is 1. The summed E-state index contributed by atoms with van der Waals surface area (Å²) in [5, 5.41) is 5.86. The van der Waals surface area contributed by atoms with Crippen molar-refractivity contribution in [2.24, 2.45) is 5.92 Å². The maximum Gasteiger partial charge on any atom is 0.236 e. The Morgan fingerprint density at radius 1 is 1.50 bits per heavy atom. The van der Waals surface area contributed by atoms with E-state index < -0.39 is 0 Å². The van der Waals surface area contributed by atoms with Crippen molar-refractivity contribution < 1.29 is 9.53 Å². The first kappa shape index (κ1) is 11.5. The molecule has 0 saturated carbocycles. The third kappa shape index (κ3) is 3.64. The second-order valence-corrected chi connectivity index (χ2v) is 3.80. The molecule has 14 heavy (non-hydrogen) atoms. The molecule has 82 valence electrons. The van der Waals surface area contributed by atoms with Gasteiger partial charge >= 0.3 is 0 Å². The molecule has 0 bridgehead atoms. The number of rotatable bonds is 4. The van der Waals surface area contributed by atoms with Crippen molar-refractivity contribution in [1.29, 1.82) is 0 Å². The Balaban J connectivity index is 2.15. The van der Waals surface area contributed by atoms with E-state index >= 15 is 0 Å². The molecule has 1 aliphatic heterocycles. The molecule has 1 saturated heterocycles. The summed E-state index contributed by atoms with van der Waals surface area (Å²) < 4.78 is 5.27. The van der Waals surface area contributed by atoms with E-state index in [-0.39, 0.29) is 11.9 Å². The molecular formula is C10H20N2O2. The lowest BCUT2D eigenvalue weighted by Gasteiger charge is -2.23. The summed E-state index contributed by atoms with van der Waals surface area (Å²) in [5.74, 6) is 0.716. The Morgan fingerprint density at radius 3 is 2.71 bits per heavy atom. The zero-order chi connectivity index (χ0) is 10.4. The summed E-state index contributed by atoms with van der Waals surface area (Å²) >= 11 is 0. The number of hydrogen-bond acceptors (Lipinski definition) is 3. The molecule has 0 radical (unpaired) electrons. The van der Waals surface area contributed by atoms with E-state index in [9.17, 15) is 4.79 Å². The van der Waals surface area contributed by atoms with Gasteiger partial charge in [0.05, 0.1) is 6.04 Å². The van der Waals surface area contributed by atoms with Gasteiger partial charge in [-0.15, -0.1) is 0 Å². The Hall–Kier alpha value is -0.610. The van der Waals surface area contributed by atoms with Crippen LogP contribution in [-0.2, 0) is 9.53 Å². The molecule has 4 heteroatoms. The molecule has 1 heterocycles. The van der Waals surface area contributed by atoms with Crippen molar-refractivity contribution in [3.8, 4) is 0 Å². The lowest BCUT2D eigenvalue weighted by molar-refractivity contribution is -0.122. The average Bonchev–Trinajstić information content (AvgIpc) is 2.26. The van der Waals surface area contributed by atoms with E-state index in [2.05, 4.69) is 10.6 Å². The van der Waals surface area contributed by atoms with Crippen LogP contribution in [0.3, 0.4) is 0 Å². The largest absolute Gasteiger partial charge is 0.381 e. The molecule has 1 atom stereocenters. The smallest absolute Gasteiger partial charge is 0.236 e. The maximum atomic E-state index is 11.2. The van der Waals surface area contributed by atoms with Crippen molar-refractivity contribution >= 4 is 5.91 Å². The van der Waals surface area contributed by atoms with Gasteiger partial charge in [-0.2, -0.15) is 0 Å². The summed E-state index contributed by atoms with van der Waals surface area (Å²) in [6, 6.07) is -0.0946. The molecule has 0 aromatic heterocycles. The minimum absolute atomic E-state index is 0.0528. The Bertz CT molecular complexity index is 179. The molecule has 0 aromatic carbocycles. The van der Waals surface area contributed by atoms with Crippen LogP contribution in [0.25, 0.3) is 0 Å². The second-order valence-electron chi connectivity index (χ2n) is 3.80. The molecule has 1 aliphatic rings. The molecular weight excluding hydrogens is 180 g/mol. The number of carbonyl (C=O) groups is 1. The fourth-order valence-electron chi connectivity index (χ4n) is 1.60. The van der Waals surface area contributed by atoms with Crippen molar-refractivity contribution in [3.05, 3.63) is 0 Å². The number of hydrogen-bond donors (Lipinski definition) is 2. The van der Waals surface area contributed by atoms with Crippen LogP contribution >= 0.6 is 0 Å². The van der Waals surface area contributed by atoms with Gasteiger partial charge in [-0.25, -0.2) is 0 Å². The number of ether oxygens (including phenoxy) is 1. The highest BCUT2D eigenvalue weighted by molar-refractivity contribution is 5.80. The van der Waals surface area contributed by atoms with Crippen molar-refractivity contribution in [1.82, 2.24) is 10.6 Å². The molecule has 1 unspecified atom stereocenters. The average molecular weight is 200 g/mol. The standard InChI is InChI=1S/C10H20N2O2/c1-8(10(13)11-2)12-7-9-3-5-14-6-4-9/h8-9,12H,3-7H2,1-2H3,(H,11,13). The van der Waals surface area contributed by atoms with E-state index in [0.29, 0.717) is 5.92 Å². The van der Waals surface area contributed by atoms with Gasteiger partial charge in [-0.3, -0.25) is 4.79 Å². The van der Waals surface area contributed by atoms with Crippen molar-refractivity contribution in [3.63, 3.8) is 0 Å². The first-order valence-electron chi connectivity index (χ1n) is 5.26. The number of amides is 1. The highest BCUT2D eigenvalue weighted by Gasteiger charge is 2.16. The van der Waals surface area contributed by atoms with Gasteiger partial charge in [0.15, 0.2) is 0 Å². The maximum absolute atomic E-state index is 11.2. The van der Waals surface area contributed by atoms with Gasteiger partial charge in [-0.05, 0) is 32.2 Å². The van der Waals surface area contributed by atoms with E-state index in [1.165, 1.54) is 0 Å².